The zero-order chi connectivity index (χ0) is 18.8. The van der Waals surface area contributed by atoms with Crippen LogP contribution < -0.4 is 5.32 Å². The van der Waals surface area contributed by atoms with Crippen molar-refractivity contribution in [1.29, 1.82) is 0 Å². The summed E-state index contributed by atoms with van der Waals surface area (Å²) in [6.45, 7) is 5.92. The number of aliphatic hydroxyl groups is 1. The average Bonchev–Trinajstić information content (AvgIpc) is 3.12. The Kier molecular flexibility index (Phi) is 4.40. The van der Waals surface area contributed by atoms with Crippen molar-refractivity contribution in [3.63, 3.8) is 0 Å². The van der Waals surface area contributed by atoms with Crippen molar-refractivity contribution in [3.8, 4) is 11.4 Å². The van der Waals surface area contributed by atoms with Crippen LogP contribution in [0.3, 0.4) is 0 Å². The van der Waals surface area contributed by atoms with Crippen LogP contribution in [0.25, 0.3) is 27.9 Å². The van der Waals surface area contributed by atoms with Crippen molar-refractivity contribution in [2.24, 2.45) is 0 Å². The van der Waals surface area contributed by atoms with Crippen molar-refractivity contribution < 1.29 is 5.11 Å². The van der Waals surface area contributed by atoms with Crippen LogP contribution in [0.15, 0.2) is 61.4 Å². The number of aromatic nitrogens is 4. The lowest BCUT2D eigenvalue weighted by molar-refractivity contribution is 0.282. The molecule has 0 aliphatic heterocycles. The molecule has 4 aromatic rings. The Labute approximate surface area is 156 Å². The van der Waals surface area contributed by atoms with E-state index < -0.39 is 0 Å². The minimum Gasteiger partial charge on any atom is -0.392 e. The van der Waals surface area contributed by atoms with Crippen LogP contribution in [-0.2, 0) is 6.61 Å². The van der Waals surface area contributed by atoms with Crippen LogP contribution in [-0.4, -0.2) is 25.0 Å². The molecular weight excluding hydrogens is 338 g/mol. The number of allylic oxidation sites excluding steroid dienone is 1. The summed E-state index contributed by atoms with van der Waals surface area (Å²) in [5, 5.41) is 13.6. The Morgan fingerprint density at radius 2 is 1.93 bits per heavy atom. The van der Waals surface area contributed by atoms with Crippen LogP contribution >= 0.6 is 0 Å². The number of rotatable bonds is 5. The predicted molar refractivity (Wildman–Crippen MR) is 107 cm³/mol. The topological polar surface area (TPSA) is 86.7 Å². The summed E-state index contributed by atoms with van der Waals surface area (Å²) in [4.78, 5) is 16.5. The van der Waals surface area contributed by atoms with Gasteiger partial charge in [0, 0.05) is 34.7 Å². The SMILES string of the molecule is C=C(C)c1cc2cc(Nc3nccc(-c4cc(CO)ccn4)n3)ccc2[nH]1. The van der Waals surface area contributed by atoms with Crippen LogP contribution in [0.2, 0.25) is 0 Å². The van der Waals surface area contributed by atoms with E-state index in [0.717, 1.165) is 33.4 Å². The minimum absolute atomic E-state index is 0.0332. The highest BCUT2D eigenvalue weighted by Gasteiger charge is 2.07. The lowest BCUT2D eigenvalue weighted by atomic mass is 10.2. The predicted octanol–water partition coefficient (Wildman–Crippen LogP) is 4.29. The number of anilines is 2. The lowest BCUT2D eigenvalue weighted by Crippen LogP contribution is -1.98. The first-order valence-electron chi connectivity index (χ1n) is 8.57. The highest BCUT2D eigenvalue weighted by molar-refractivity contribution is 5.87. The molecule has 0 saturated heterocycles. The molecule has 3 N–H and O–H groups in total. The van der Waals surface area contributed by atoms with E-state index in [2.05, 4.69) is 37.9 Å². The van der Waals surface area contributed by atoms with Gasteiger partial charge in [0.15, 0.2) is 0 Å². The molecule has 134 valence electrons. The zero-order valence-electron chi connectivity index (χ0n) is 14.9. The Hall–Kier alpha value is -3.51. The Morgan fingerprint density at radius 1 is 1.07 bits per heavy atom. The maximum Gasteiger partial charge on any atom is 0.227 e. The van der Waals surface area contributed by atoms with Gasteiger partial charge in [0.1, 0.15) is 0 Å². The van der Waals surface area contributed by atoms with Crippen LogP contribution in [0.4, 0.5) is 11.6 Å². The molecular formula is C21H19N5O. The van der Waals surface area contributed by atoms with E-state index in [4.69, 9.17) is 0 Å². The number of pyridine rings is 1. The molecule has 6 nitrogen and oxygen atoms in total. The van der Waals surface area contributed by atoms with Gasteiger partial charge >= 0.3 is 0 Å². The maximum absolute atomic E-state index is 9.30. The van der Waals surface area contributed by atoms with Gasteiger partial charge in [-0.3, -0.25) is 4.98 Å². The monoisotopic (exact) mass is 357 g/mol. The maximum atomic E-state index is 9.30. The Bertz CT molecular complexity index is 1130. The van der Waals surface area contributed by atoms with E-state index in [1.54, 1.807) is 24.5 Å². The molecule has 4 rings (SSSR count). The summed E-state index contributed by atoms with van der Waals surface area (Å²) in [6.07, 6.45) is 3.35. The molecule has 0 aliphatic carbocycles. The number of aromatic amines is 1. The molecule has 0 bridgehead atoms. The number of fused-ring (bicyclic) bond motifs is 1. The van der Waals surface area contributed by atoms with Crippen LogP contribution in [0.1, 0.15) is 18.2 Å². The fourth-order valence-electron chi connectivity index (χ4n) is 2.84. The number of hydrogen-bond donors (Lipinski definition) is 3. The number of aliphatic hydroxyl groups excluding tert-OH is 1. The fourth-order valence-corrected chi connectivity index (χ4v) is 2.84. The zero-order valence-corrected chi connectivity index (χ0v) is 14.9. The number of H-pyrrole nitrogens is 1. The molecule has 1 aromatic carbocycles. The first-order chi connectivity index (χ1) is 13.1. The standard InChI is InChI=1S/C21H19N5O/c1-13(2)19-11-15-10-16(3-4-17(15)25-19)24-21-23-8-6-18(26-21)20-9-14(12-27)5-7-22-20/h3-11,25,27H,1,12H2,2H3,(H,23,24,26). The molecule has 0 fully saturated rings. The molecule has 0 atom stereocenters. The van der Waals surface area contributed by atoms with Crippen molar-refractivity contribution >= 4 is 28.1 Å². The summed E-state index contributed by atoms with van der Waals surface area (Å²) in [5.41, 5.74) is 6.14. The third-order valence-corrected chi connectivity index (χ3v) is 4.26. The van der Waals surface area contributed by atoms with E-state index in [1.165, 1.54) is 0 Å². The Morgan fingerprint density at radius 3 is 2.74 bits per heavy atom. The highest BCUT2D eigenvalue weighted by atomic mass is 16.3. The van der Waals surface area contributed by atoms with Crippen molar-refractivity contribution in [1.82, 2.24) is 19.9 Å². The highest BCUT2D eigenvalue weighted by Crippen LogP contribution is 2.25. The van der Waals surface area contributed by atoms with Gasteiger partial charge in [-0.1, -0.05) is 6.58 Å². The van der Waals surface area contributed by atoms with Gasteiger partial charge in [-0.15, -0.1) is 0 Å². The molecule has 27 heavy (non-hydrogen) atoms. The van der Waals surface area contributed by atoms with E-state index >= 15 is 0 Å². The molecule has 0 saturated carbocycles. The number of nitrogens with zero attached hydrogens (tertiary/aromatic N) is 3. The molecule has 0 spiro atoms. The second kappa shape index (κ2) is 7.01. The van der Waals surface area contributed by atoms with Gasteiger partial charge in [-0.25, -0.2) is 9.97 Å². The molecule has 0 amide bonds. The summed E-state index contributed by atoms with van der Waals surface area (Å²) in [6, 6.07) is 13.5. The summed E-state index contributed by atoms with van der Waals surface area (Å²) in [5.74, 6) is 0.485. The second-order valence-electron chi connectivity index (χ2n) is 6.36. The largest absolute Gasteiger partial charge is 0.392 e. The first kappa shape index (κ1) is 16.9. The summed E-state index contributed by atoms with van der Waals surface area (Å²) < 4.78 is 0. The minimum atomic E-state index is -0.0332. The molecule has 0 aliphatic rings. The van der Waals surface area contributed by atoms with E-state index in [-0.39, 0.29) is 6.61 Å². The number of hydrogen-bond acceptors (Lipinski definition) is 5. The van der Waals surface area contributed by atoms with E-state index in [0.29, 0.717) is 17.3 Å². The number of benzene rings is 1. The second-order valence-corrected chi connectivity index (χ2v) is 6.36. The van der Waals surface area contributed by atoms with Crippen molar-refractivity contribution in [3.05, 3.63) is 72.7 Å². The third kappa shape index (κ3) is 3.56. The van der Waals surface area contributed by atoms with Gasteiger partial charge in [-0.05, 0) is 60.5 Å². The molecule has 0 radical (unpaired) electrons. The third-order valence-electron chi connectivity index (χ3n) is 4.26. The van der Waals surface area contributed by atoms with E-state index in [9.17, 15) is 5.11 Å². The average molecular weight is 357 g/mol. The van der Waals surface area contributed by atoms with Crippen molar-refractivity contribution in [2.45, 2.75) is 13.5 Å². The van der Waals surface area contributed by atoms with Gasteiger partial charge in [0.25, 0.3) is 0 Å². The molecule has 0 unspecified atom stereocenters. The normalized spacial score (nSPS) is 10.9. The summed E-state index contributed by atoms with van der Waals surface area (Å²) >= 11 is 0. The quantitative estimate of drug-likeness (QED) is 0.496. The molecule has 3 heterocycles. The molecule has 6 heteroatoms. The number of nitrogens with one attached hydrogen (secondary N) is 2. The lowest BCUT2D eigenvalue weighted by Gasteiger charge is -2.07. The van der Waals surface area contributed by atoms with Gasteiger partial charge in [0.05, 0.1) is 18.0 Å². The summed E-state index contributed by atoms with van der Waals surface area (Å²) in [7, 11) is 0. The van der Waals surface area contributed by atoms with Crippen LogP contribution in [0, 0.1) is 0 Å². The smallest absolute Gasteiger partial charge is 0.227 e. The molecule has 3 aromatic heterocycles. The van der Waals surface area contributed by atoms with Gasteiger partial charge in [-0.2, -0.15) is 0 Å². The van der Waals surface area contributed by atoms with Gasteiger partial charge in [0.2, 0.25) is 5.95 Å². The van der Waals surface area contributed by atoms with E-state index in [1.807, 2.05) is 31.2 Å². The van der Waals surface area contributed by atoms with Crippen molar-refractivity contribution in [2.75, 3.05) is 5.32 Å². The van der Waals surface area contributed by atoms with Gasteiger partial charge < -0.3 is 15.4 Å². The van der Waals surface area contributed by atoms with Crippen LogP contribution in [0.5, 0.6) is 0 Å². The Balaban J connectivity index is 1.62. The fraction of sp³-hybridized carbons (Fsp3) is 0.0952. The first-order valence-corrected chi connectivity index (χ1v) is 8.57.